The third kappa shape index (κ3) is 2.51. The Hall–Kier alpha value is -1.88. The molecule has 6 heteroatoms. The molecule has 1 amide bonds. The van der Waals surface area contributed by atoms with Gasteiger partial charge in [-0.1, -0.05) is 17.7 Å². The minimum atomic E-state index is -0.639. The van der Waals surface area contributed by atoms with Crippen LogP contribution in [0.25, 0.3) is 0 Å². The van der Waals surface area contributed by atoms with Gasteiger partial charge in [-0.25, -0.2) is 4.39 Å². The first-order valence-electron chi connectivity index (χ1n) is 5.33. The molecule has 4 nitrogen and oxygen atoms in total. The SMILES string of the molecule is CC(C(=O)Nc1cccc(Cl)c1F)n1cccn1. The van der Waals surface area contributed by atoms with Crippen LogP contribution in [-0.2, 0) is 4.79 Å². The lowest BCUT2D eigenvalue weighted by atomic mass is 10.2. The van der Waals surface area contributed by atoms with Crippen molar-refractivity contribution >= 4 is 23.2 Å². The lowest BCUT2D eigenvalue weighted by molar-refractivity contribution is -0.119. The number of hydrogen-bond acceptors (Lipinski definition) is 2. The maximum absolute atomic E-state index is 13.6. The average molecular weight is 268 g/mol. The summed E-state index contributed by atoms with van der Waals surface area (Å²) in [6.45, 7) is 1.67. The summed E-state index contributed by atoms with van der Waals surface area (Å²) in [5.41, 5.74) is 0.0616. The van der Waals surface area contributed by atoms with Crippen LogP contribution in [-0.4, -0.2) is 15.7 Å². The quantitative estimate of drug-likeness (QED) is 0.929. The van der Waals surface area contributed by atoms with E-state index in [4.69, 9.17) is 11.6 Å². The van der Waals surface area contributed by atoms with Crippen LogP contribution in [0.15, 0.2) is 36.7 Å². The topological polar surface area (TPSA) is 46.9 Å². The van der Waals surface area contributed by atoms with Gasteiger partial charge < -0.3 is 5.32 Å². The Labute approximate surface area is 108 Å². The molecule has 0 saturated carbocycles. The molecule has 0 radical (unpaired) electrons. The predicted molar refractivity (Wildman–Crippen MR) is 67.0 cm³/mol. The number of benzene rings is 1. The summed E-state index contributed by atoms with van der Waals surface area (Å²) in [6.07, 6.45) is 3.24. The number of aromatic nitrogens is 2. The molecule has 0 aliphatic heterocycles. The minimum Gasteiger partial charge on any atom is -0.322 e. The van der Waals surface area contributed by atoms with E-state index < -0.39 is 11.9 Å². The fraction of sp³-hybridized carbons (Fsp3) is 0.167. The van der Waals surface area contributed by atoms with Crippen molar-refractivity contribution in [2.75, 3.05) is 5.32 Å². The molecule has 0 aliphatic carbocycles. The molecule has 0 saturated heterocycles. The Bertz CT molecular complexity index is 556. The first-order valence-corrected chi connectivity index (χ1v) is 5.71. The Kier molecular flexibility index (Phi) is 3.62. The lowest BCUT2D eigenvalue weighted by Crippen LogP contribution is -2.24. The summed E-state index contributed by atoms with van der Waals surface area (Å²) in [5.74, 6) is -1.000. The second kappa shape index (κ2) is 5.18. The molecule has 1 atom stereocenters. The van der Waals surface area contributed by atoms with Crippen LogP contribution in [0.2, 0.25) is 5.02 Å². The van der Waals surface area contributed by atoms with Gasteiger partial charge in [-0.2, -0.15) is 5.10 Å². The number of amides is 1. The number of carbonyl (C=O) groups is 1. The Morgan fingerprint density at radius 2 is 2.28 bits per heavy atom. The Morgan fingerprint density at radius 1 is 1.50 bits per heavy atom. The van der Waals surface area contributed by atoms with E-state index in [9.17, 15) is 9.18 Å². The van der Waals surface area contributed by atoms with E-state index in [2.05, 4.69) is 10.4 Å². The van der Waals surface area contributed by atoms with E-state index in [1.165, 1.54) is 16.8 Å². The van der Waals surface area contributed by atoms with Gasteiger partial charge in [0.25, 0.3) is 0 Å². The highest BCUT2D eigenvalue weighted by atomic mass is 35.5. The maximum atomic E-state index is 13.6. The standard InChI is InChI=1S/C12H11ClFN3O/c1-8(17-7-3-6-15-17)12(18)16-10-5-2-4-9(13)11(10)14/h2-8H,1H3,(H,16,18). The number of carbonyl (C=O) groups excluding carboxylic acids is 1. The molecule has 1 N–H and O–H groups in total. The number of anilines is 1. The molecule has 18 heavy (non-hydrogen) atoms. The normalized spacial score (nSPS) is 12.2. The van der Waals surface area contributed by atoms with E-state index in [1.807, 2.05) is 0 Å². The number of nitrogens with zero attached hydrogens (tertiary/aromatic N) is 2. The van der Waals surface area contributed by atoms with Gasteiger partial charge in [-0.15, -0.1) is 0 Å². The smallest absolute Gasteiger partial charge is 0.249 e. The molecule has 2 rings (SSSR count). The van der Waals surface area contributed by atoms with Crippen LogP contribution in [0.4, 0.5) is 10.1 Å². The molecule has 1 aromatic carbocycles. The third-order valence-corrected chi connectivity index (χ3v) is 2.80. The number of nitrogens with one attached hydrogen (secondary N) is 1. The van der Waals surface area contributed by atoms with Crippen molar-refractivity contribution in [1.29, 1.82) is 0 Å². The van der Waals surface area contributed by atoms with E-state index >= 15 is 0 Å². The molecule has 0 bridgehead atoms. The van der Waals surface area contributed by atoms with Crippen molar-refractivity contribution < 1.29 is 9.18 Å². The van der Waals surface area contributed by atoms with Crippen LogP contribution in [0.3, 0.4) is 0 Å². The van der Waals surface area contributed by atoms with E-state index in [0.717, 1.165) is 0 Å². The van der Waals surface area contributed by atoms with Crippen LogP contribution in [0, 0.1) is 5.82 Å². The van der Waals surface area contributed by atoms with Gasteiger partial charge in [0.15, 0.2) is 5.82 Å². The van der Waals surface area contributed by atoms with Crippen LogP contribution in [0.5, 0.6) is 0 Å². The molecular formula is C12H11ClFN3O. The summed E-state index contributed by atoms with van der Waals surface area (Å²) in [6, 6.07) is 5.63. The summed E-state index contributed by atoms with van der Waals surface area (Å²) in [5, 5.41) is 6.41. The number of hydrogen-bond donors (Lipinski definition) is 1. The Balaban J connectivity index is 2.14. The minimum absolute atomic E-state index is 0.0282. The first-order chi connectivity index (χ1) is 8.59. The fourth-order valence-corrected chi connectivity index (χ4v) is 1.64. The van der Waals surface area contributed by atoms with Crippen molar-refractivity contribution in [2.24, 2.45) is 0 Å². The highest BCUT2D eigenvalue weighted by Gasteiger charge is 2.17. The Morgan fingerprint density at radius 3 is 2.94 bits per heavy atom. The van der Waals surface area contributed by atoms with Gasteiger partial charge in [-0.3, -0.25) is 9.48 Å². The largest absolute Gasteiger partial charge is 0.322 e. The van der Waals surface area contributed by atoms with Gasteiger partial charge in [0.2, 0.25) is 5.91 Å². The zero-order valence-electron chi connectivity index (χ0n) is 9.60. The first kappa shape index (κ1) is 12.6. The summed E-state index contributed by atoms with van der Waals surface area (Å²) >= 11 is 5.63. The third-order valence-electron chi connectivity index (χ3n) is 2.51. The van der Waals surface area contributed by atoms with Crippen molar-refractivity contribution in [2.45, 2.75) is 13.0 Å². The van der Waals surface area contributed by atoms with E-state index in [1.54, 1.807) is 31.5 Å². The zero-order valence-corrected chi connectivity index (χ0v) is 10.4. The molecule has 94 valence electrons. The molecule has 0 spiro atoms. The van der Waals surface area contributed by atoms with E-state index in [0.29, 0.717) is 0 Å². The number of halogens is 2. The molecule has 1 aromatic heterocycles. The average Bonchev–Trinajstić information content (AvgIpc) is 2.87. The van der Waals surface area contributed by atoms with E-state index in [-0.39, 0.29) is 16.6 Å². The van der Waals surface area contributed by atoms with Gasteiger partial charge in [0.05, 0.1) is 10.7 Å². The maximum Gasteiger partial charge on any atom is 0.249 e. The molecule has 1 heterocycles. The van der Waals surface area contributed by atoms with Crippen molar-refractivity contribution in [1.82, 2.24) is 9.78 Å². The molecule has 0 aliphatic rings. The molecule has 1 unspecified atom stereocenters. The van der Waals surface area contributed by atoms with Crippen molar-refractivity contribution in [3.05, 3.63) is 47.5 Å². The van der Waals surface area contributed by atoms with Crippen LogP contribution in [0.1, 0.15) is 13.0 Å². The molecule has 0 fully saturated rings. The summed E-state index contributed by atoms with van der Waals surface area (Å²) < 4.78 is 15.1. The van der Waals surface area contributed by atoms with Gasteiger partial charge in [0, 0.05) is 12.4 Å². The van der Waals surface area contributed by atoms with Gasteiger partial charge in [0.1, 0.15) is 6.04 Å². The second-order valence-corrected chi connectivity index (χ2v) is 4.16. The van der Waals surface area contributed by atoms with Crippen LogP contribution >= 0.6 is 11.6 Å². The monoisotopic (exact) mass is 267 g/mol. The predicted octanol–water partition coefficient (Wildman–Crippen LogP) is 2.88. The highest BCUT2D eigenvalue weighted by molar-refractivity contribution is 6.31. The van der Waals surface area contributed by atoms with Crippen molar-refractivity contribution in [3.63, 3.8) is 0 Å². The zero-order chi connectivity index (χ0) is 13.1. The highest BCUT2D eigenvalue weighted by Crippen LogP contribution is 2.22. The summed E-state index contributed by atoms with van der Waals surface area (Å²) in [4.78, 5) is 11.9. The second-order valence-electron chi connectivity index (χ2n) is 3.75. The van der Waals surface area contributed by atoms with Crippen molar-refractivity contribution in [3.8, 4) is 0 Å². The van der Waals surface area contributed by atoms with Gasteiger partial charge in [-0.05, 0) is 25.1 Å². The van der Waals surface area contributed by atoms with Gasteiger partial charge >= 0.3 is 0 Å². The summed E-state index contributed by atoms with van der Waals surface area (Å²) in [7, 11) is 0. The molecular weight excluding hydrogens is 257 g/mol. The molecule has 2 aromatic rings. The van der Waals surface area contributed by atoms with Crippen LogP contribution < -0.4 is 5.32 Å². The number of rotatable bonds is 3. The lowest BCUT2D eigenvalue weighted by Gasteiger charge is -2.13. The fourth-order valence-electron chi connectivity index (χ4n) is 1.47.